The van der Waals surface area contributed by atoms with E-state index >= 15 is 0 Å². The summed E-state index contributed by atoms with van der Waals surface area (Å²) in [6.45, 7) is 2.08. The molecule has 0 amide bonds. The van der Waals surface area contributed by atoms with Gasteiger partial charge in [-0.1, -0.05) is 6.07 Å². The second-order valence-corrected chi connectivity index (χ2v) is 4.50. The van der Waals surface area contributed by atoms with Gasteiger partial charge in [0.05, 0.1) is 12.3 Å². The van der Waals surface area contributed by atoms with E-state index in [1.54, 1.807) is 0 Å². The van der Waals surface area contributed by atoms with Crippen LogP contribution in [0.1, 0.15) is 12.1 Å². The Bertz CT molecular complexity index is 354. The third kappa shape index (κ3) is 2.33. The Hall–Kier alpha value is -1.13. The minimum atomic E-state index is 0.0127. The number of likely N-dealkylation sites (N-methyl/N-ethyl adjacent to an activating group) is 1. The van der Waals surface area contributed by atoms with Crippen molar-refractivity contribution in [2.75, 3.05) is 32.1 Å². The van der Waals surface area contributed by atoms with Crippen LogP contribution in [0.5, 0.6) is 0 Å². The lowest BCUT2D eigenvalue weighted by Crippen LogP contribution is -2.31. The second-order valence-electron chi connectivity index (χ2n) is 4.50. The Morgan fingerprint density at radius 3 is 2.94 bits per heavy atom. The fraction of sp³-hybridized carbons (Fsp3) is 0.583. The number of hydrogen-bond acceptors (Lipinski definition) is 4. The molecule has 0 aliphatic carbocycles. The van der Waals surface area contributed by atoms with Crippen molar-refractivity contribution in [3.8, 4) is 0 Å². The van der Waals surface area contributed by atoms with E-state index in [2.05, 4.69) is 28.9 Å². The van der Waals surface area contributed by atoms with Crippen LogP contribution in [0.15, 0.2) is 18.2 Å². The molecule has 1 aliphatic heterocycles. The average molecular weight is 221 g/mol. The minimum absolute atomic E-state index is 0.0127. The predicted molar refractivity (Wildman–Crippen MR) is 64.5 cm³/mol. The molecule has 2 rings (SSSR count). The summed E-state index contributed by atoms with van der Waals surface area (Å²) in [4.78, 5) is 8.97. The third-order valence-corrected chi connectivity index (χ3v) is 3.17. The van der Waals surface area contributed by atoms with Crippen LogP contribution >= 0.6 is 0 Å². The van der Waals surface area contributed by atoms with Gasteiger partial charge in [-0.2, -0.15) is 0 Å². The lowest BCUT2D eigenvalue weighted by atomic mass is 10.2. The fourth-order valence-electron chi connectivity index (χ4n) is 2.10. The van der Waals surface area contributed by atoms with Gasteiger partial charge in [0.1, 0.15) is 5.82 Å². The van der Waals surface area contributed by atoms with E-state index in [9.17, 15) is 0 Å². The summed E-state index contributed by atoms with van der Waals surface area (Å²) in [5, 5.41) is 9.06. The van der Waals surface area contributed by atoms with Crippen molar-refractivity contribution >= 4 is 5.82 Å². The maximum absolute atomic E-state index is 9.06. The van der Waals surface area contributed by atoms with Gasteiger partial charge in [0, 0.05) is 19.1 Å². The number of nitrogens with zero attached hydrogens (tertiary/aromatic N) is 3. The lowest BCUT2D eigenvalue weighted by molar-refractivity contribution is 0.277. The van der Waals surface area contributed by atoms with E-state index in [1.807, 2.05) is 18.2 Å². The number of anilines is 1. The van der Waals surface area contributed by atoms with E-state index in [4.69, 9.17) is 5.11 Å². The van der Waals surface area contributed by atoms with Gasteiger partial charge in [-0.25, -0.2) is 4.98 Å². The van der Waals surface area contributed by atoms with Gasteiger partial charge in [-0.15, -0.1) is 0 Å². The monoisotopic (exact) mass is 221 g/mol. The molecule has 2 heterocycles. The number of hydrogen-bond donors (Lipinski definition) is 1. The summed E-state index contributed by atoms with van der Waals surface area (Å²) in [7, 11) is 4.23. The van der Waals surface area contributed by atoms with E-state index in [-0.39, 0.29) is 6.61 Å². The van der Waals surface area contributed by atoms with Crippen LogP contribution in [-0.4, -0.2) is 48.2 Å². The van der Waals surface area contributed by atoms with Crippen LogP contribution in [0, 0.1) is 0 Å². The molecule has 0 bridgehead atoms. The Kier molecular flexibility index (Phi) is 3.41. The van der Waals surface area contributed by atoms with Gasteiger partial charge in [-0.3, -0.25) is 0 Å². The molecule has 1 unspecified atom stereocenters. The second kappa shape index (κ2) is 4.80. The van der Waals surface area contributed by atoms with Gasteiger partial charge >= 0.3 is 0 Å². The molecular weight excluding hydrogens is 202 g/mol. The molecule has 0 spiro atoms. The first kappa shape index (κ1) is 11.4. The van der Waals surface area contributed by atoms with Crippen molar-refractivity contribution in [1.29, 1.82) is 0 Å². The van der Waals surface area contributed by atoms with Crippen LogP contribution < -0.4 is 4.90 Å². The standard InChI is InChI=1S/C12H19N3O/c1-14(2)11-6-7-15(8-11)12-5-3-4-10(9-16)13-12/h3-5,11,16H,6-9H2,1-2H3. The highest BCUT2D eigenvalue weighted by Gasteiger charge is 2.24. The predicted octanol–water partition coefficient (Wildman–Crippen LogP) is 0.714. The van der Waals surface area contributed by atoms with Crippen LogP contribution in [0.25, 0.3) is 0 Å². The summed E-state index contributed by atoms with van der Waals surface area (Å²) >= 11 is 0. The van der Waals surface area contributed by atoms with Crippen LogP contribution in [-0.2, 0) is 6.61 Å². The molecule has 1 N–H and O–H groups in total. The van der Waals surface area contributed by atoms with Crippen molar-refractivity contribution in [1.82, 2.24) is 9.88 Å². The van der Waals surface area contributed by atoms with Gasteiger partial charge in [0.2, 0.25) is 0 Å². The van der Waals surface area contributed by atoms with Crippen molar-refractivity contribution in [3.05, 3.63) is 23.9 Å². The number of aliphatic hydroxyl groups excluding tert-OH is 1. The number of pyridine rings is 1. The summed E-state index contributed by atoms with van der Waals surface area (Å²) in [5.41, 5.74) is 0.741. The molecule has 0 aromatic carbocycles. The summed E-state index contributed by atoms with van der Waals surface area (Å²) < 4.78 is 0. The molecule has 4 nitrogen and oxygen atoms in total. The Morgan fingerprint density at radius 2 is 2.31 bits per heavy atom. The molecule has 0 saturated carbocycles. The molecule has 88 valence electrons. The van der Waals surface area contributed by atoms with Crippen LogP contribution in [0.3, 0.4) is 0 Å². The van der Waals surface area contributed by atoms with Crippen molar-refractivity contribution < 1.29 is 5.11 Å². The first-order valence-electron chi connectivity index (χ1n) is 5.69. The fourth-order valence-corrected chi connectivity index (χ4v) is 2.10. The lowest BCUT2D eigenvalue weighted by Gasteiger charge is -2.21. The summed E-state index contributed by atoms with van der Waals surface area (Å²) in [5.74, 6) is 0.982. The molecule has 1 atom stereocenters. The summed E-state index contributed by atoms with van der Waals surface area (Å²) in [6, 6.07) is 6.43. The molecule has 0 radical (unpaired) electrons. The maximum atomic E-state index is 9.06. The Balaban J connectivity index is 2.08. The third-order valence-electron chi connectivity index (χ3n) is 3.17. The highest BCUT2D eigenvalue weighted by atomic mass is 16.3. The Morgan fingerprint density at radius 1 is 1.50 bits per heavy atom. The van der Waals surface area contributed by atoms with Crippen molar-refractivity contribution in [2.24, 2.45) is 0 Å². The Labute approximate surface area is 96.5 Å². The summed E-state index contributed by atoms with van der Waals surface area (Å²) in [6.07, 6.45) is 1.18. The quantitative estimate of drug-likeness (QED) is 0.816. The van der Waals surface area contributed by atoms with E-state index in [0.29, 0.717) is 6.04 Å². The largest absolute Gasteiger partial charge is 0.390 e. The average Bonchev–Trinajstić information content (AvgIpc) is 2.78. The van der Waals surface area contributed by atoms with E-state index < -0.39 is 0 Å². The van der Waals surface area contributed by atoms with Crippen LogP contribution in [0.2, 0.25) is 0 Å². The zero-order valence-electron chi connectivity index (χ0n) is 9.93. The molecule has 4 heteroatoms. The molecule has 1 aliphatic rings. The zero-order valence-corrected chi connectivity index (χ0v) is 9.93. The molecule has 16 heavy (non-hydrogen) atoms. The van der Waals surface area contributed by atoms with E-state index in [0.717, 1.165) is 24.6 Å². The first-order chi connectivity index (χ1) is 7.70. The molecule has 1 aromatic rings. The smallest absolute Gasteiger partial charge is 0.128 e. The SMILES string of the molecule is CN(C)C1CCN(c2cccc(CO)n2)C1. The maximum Gasteiger partial charge on any atom is 0.128 e. The number of rotatable bonds is 3. The first-order valence-corrected chi connectivity index (χ1v) is 5.69. The van der Waals surface area contributed by atoms with Gasteiger partial charge in [0.25, 0.3) is 0 Å². The zero-order chi connectivity index (χ0) is 11.5. The number of aliphatic hydroxyl groups is 1. The van der Waals surface area contributed by atoms with E-state index in [1.165, 1.54) is 6.42 Å². The molecule has 1 saturated heterocycles. The van der Waals surface area contributed by atoms with Crippen molar-refractivity contribution in [2.45, 2.75) is 19.1 Å². The highest BCUT2D eigenvalue weighted by Crippen LogP contribution is 2.20. The molecule has 1 fully saturated rings. The topological polar surface area (TPSA) is 39.6 Å². The van der Waals surface area contributed by atoms with Gasteiger partial charge in [-0.05, 0) is 32.6 Å². The van der Waals surface area contributed by atoms with Gasteiger partial charge in [0.15, 0.2) is 0 Å². The van der Waals surface area contributed by atoms with Gasteiger partial charge < -0.3 is 14.9 Å². The molecular formula is C12H19N3O. The normalized spacial score (nSPS) is 20.8. The minimum Gasteiger partial charge on any atom is -0.390 e. The number of aromatic nitrogens is 1. The van der Waals surface area contributed by atoms with Crippen LogP contribution in [0.4, 0.5) is 5.82 Å². The van der Waals surface area contributed by atoms with Crippen molar-refractivity contribution in [3.63, 3.8) is 0 Å². The molecule has 1 aromatic heterocycles. The highest BCUT2D eigenvalue weighted by molar-refractivity contribution is 5.40.